The summed E-state index contributed by atoms with van der Waals surface area (Å²) in [4.78, 5) is 2.69. The Morgan fingerprint density at radius 1 is 1.05 bits per heavy atom. The van der Waals surface area contributed by atoms with E-state index in [4.69, 9.17) is 4.74 Å². The Labute approximate surface area is 119 Å². The van der Waals surface area contributed by atoms with Crippen LogP contribution in [0.5, 0.6) is 0 Å². The second-order valence-electron chi connectivity index (χ2n) is 7.54. The van der Waals surface area contributed by atoms with Gasteiger partial charge in [-0.15, -0.1) is 0 Å². The van der Waals surface area contributed by atoms with E-state index >= 15 is 0 Å². The normalized spacial score (nSPS) is 35.2. The quantitative estimate of drug-likeness (QED) is 0.852. The van der Waals surface area contributed by atoms with E-state index in [1.807, 2.05) is 0 Å². The van der Waals surface area contributed by atoms with Crippen molar-refractivity contribution in [2.75, 3.05) is 19.6 Å². The first kappa shape index (κ1) is 15.3. The molecule has 2 rings (SSSR count). The van der Waals surface area contributed by atoms with Crippen LogP contribution in [-0.2, 0) is 4.74 Å². The molecule has 1 heterocycles. The lowest BCUT2D eigenvalue weighted by molar-refractivity contribution is -0.191. The lowest BCUT2D eigenvalue weighted by Crippen LogP contribution is -2.63. The van der Waals surface area contributed by atoms with Crippen LogP contribution in [0, 0.1) is 0 Å². The highest BCUT2D eigenvalue weighted by atomic mass is 16.5. The summed E-state index contributed by atoms with van der Waals surface area (Å²) in [5.74, 6) is 0. The Balaban J connectivity index is 2.09. The van der Waals surface area contributed by atoms with E-state index < -0.39 is 0 Å². The monoisotopic (exact) mass is 268 g/mol. The topological polar surface area (TPSA) is 24.5 Å². The molecule has 2 atom stereocenters. The summed E-state index contributed by atoms with van der Waals surface area (Å²) in [5, 5.41) is 3.70. The largest absolute Gasteiger partial charge is 0.367 e. The van der Waals surface area contributed by atoms with Gasteiger partial charge in [0.25, 0.3) is 0 Å². The zero-order valence-corrected chi connectivity index (χ0v) is 13.5. The number of likely N-dealkylation sites (N-methyl/N-ethyl adjacent to an activating group) is 1. The Morgan fingerprint density at radius 2 is 1.63 bits per heavy atom. The van der Waals surface area contributed by atoms with Gasteiger partial charge in [0.2, 0.25) is 0 Å². The fourth-order valence-electron chi connectivity index (χ4n) is 4.13. The number of morpholine rings is 1. The molecule has 0 amide bonds. The van der Waals surface area contributed by atoms with Gasteiger partial charge in [0.1, 0.15) is 0 Å². The van der Waals surface area contributed by atoms with Gasteiger partial charge in [0, 0.05) is 25.2 Å². The molecule has 0 aromatic carbocycles. The molecule has 1 aliphatic heterocycles. The second kappa shape index (κ2) is 5.71. The lowest BCUT2D eigenvalue weighted by Gasteiger charge is -2.52. The third-order valence-electron chi connectivity index (χ3n) is 4.39. The summed E-state index contributed by atoms with van der Waals surface area (Å²) in [6, 6.07) is 1.36. The van der Waals surface area contributed by atoms with E-state index in [0.717, 1.165) is 19.6 Å². The minimum absolute atomic E-state index is 0.0318. The van der Waals surface area contributed by atoms with E-state index in [9.17, 15) is 0 Å². The molecule has 0 aromatic rings. The summed E-state index contributed by atoms with van der Waals surface area (Å²) < 4.78 is 6.22. The molecular formula is C16H32N2O. The van der Waals surface area contributed by atoms with Crippen molar-refractivity contribution in [3.05, 3.63) is 0 Å². The fourth-order valence-corrected chi connectivity index (χ4v) is 4.13. The van der Waals surface area contributed by atoms with Gasteiger partial charge in [-0.25, -0.2) is 0 Å². The van der Waals surface area contributed by atoms with Crippen molar-refractivity contribution in [1.29, 1.82) is 0 Å². The van der Waals surface area contributed by atoms with Gasteiger partial charge in [-0.1, -0.05) is 19.8 Å². The van der Waals surface area contributed by atoms with E-state index in [1.54, 1.807) is 0 Å². The van der Waals surface area contributed by atoms with E-state index in [2.05, 4.69) is 44.8 Å². The molecule has 1 N–H and O–H groups in total. The molecule has 2 unspecified atom stereocenters. The highest BCUT2D eigenvalue weighted by Gasteiger charge is 2.42. The maximum absolute atomic E-state index is 6.22. The summed E-state index contributed by atoms with van der Waals surface area (Å²) in [6.07, 6.45) is 5.43. The molecule has 0 aromatic heterocycles. The van der Waals surface area contributed by atoms with Gasteiger partial charge in [0.05, 0.1) is 11.2 Å². The Bertz CT molecular complexity index is 283. The van der Waals surface area contributed by atoms with Crippen molar-refractivity contribution in [3.8, 4) is 0 Å². The zero-order chi connectivity index (χ0) is 14.1. The Morgan fingerprint density at radius 3 is 2.21 bits per heavy atom. The number of hydrogen-bond donors (Lipinski definition) is 1. The van der Waals surface area contributed by atoms with Crippen LogP contribution in [0.3, 0.4) is 0 Å². The highest BCUT2D eigenvalue weighted by molar-refractivity contribution is 4.96. The number of nitrogens with one attached hydrogen (secondary N) is 1. The first-order valence-corrected chi connectivity index (χ1v) is 8.01. The van der Waals surface area contributed by atoms with E-state index in [1.165, 1.54) is 25.7 Å². The third-order valence-corrected chi connectivity index (χ3v) is 4.39. The van der Waals surface area contributed by atoms with Crippen molar-refractivity contribution in [3.63, 3.8) is 0 Å². The Kier molecular flexibility index (Phi) is 4.59. The molecule has 2 aliphatic rings. The number of hydrogen-bond acceptors (Lipinski definition) is 3. The number of rotatable bonds is 3. The molecule has 0 spiro atoms. The summed E-state index contributed by atoms with van der Waals surface area (Å²) in [5.41, 5.74) is -0.0636. The molecule has 112 valence electrons. The van der Waals surface area contributed by atoms with Crippen molar-refractivity contribution in [2.24, 2.45) is 0 Å². The van der Waals surface area contributed by atoms with Crippen molar-refractivity contribution < 1.29 is 4.74 Å². The maximum Gasteiger partial charge on any atom is 0.0760 e. The lowest BCUT2D eigenvalue weighted by atomic mass is 9.86. The molecule has 3 heteroatoms. The molecule has 19 heavy (non-hydrogen) atoms. The summed E-state index contributed by atoms with van der Waals surface area (Å²) in [7, 11) is 0. The van der Waals surface area contributed by atoms with E-state index in [-0.39, 0.29) is 11.2 Å². The van der Waals surface area contributed by atoms with Crippen LogP contribution >= 0.6 is 0 Å². The van der Waals surface area contributed by atoms with Crippen molar-refractivity contribution in [1.82, 2.24) is 10.2 Å². The summed E-state index contributed by atoms with van der Waals surface area (Å²) >= 11 is 0. The smallest absolute Gasteiger partial charge is 0.0760 e. The average Bonchev–Trinajstić information content (AvgIpc) is 2.26. The van der Waals surface area contributed by atoms with Gasteiger partial charge in [-0.3, -0.25) is 4.90 Å². The van der Waals surface area contributed by atoms with Crippen LogP contribution in [0.4, 0.5) is 0 Å². The van der Waals surface area contributed by atoms with E-state index in [0.29, 0.717) is 12.1 Å². The Hall–Kier alpha value is -0.120. The first-order chi connectivity index (χ1) is 8.83. The van der Waals surface area contributed by atoms with Gasteiger partial charge in [-0.2, -0.15) is 0 Å². The van der Waals surface area contributed by atoms with Crippen molar-refractivity contribution in [2.45, 2.75) is 83.6 Å². The molecule has 0 bridgehead atoms. The third kappa shape index (κ3) is 3.93. The van der Waals surface area contributed by atoms with Crippen LogP contribution in [0.15, 0.2) is 0 Å². The van der Waals surface area contributed by atoms with Crippen LogP contribution in [0.25, 0.3) is 0 Å². The number of nitrogens with zero attached hydrogens (tertiary/aromatic N) is 1. The van der Waals surface area contributed by atoms with Gasteiger partial charge >= 0.3 is 0 Å². The molecule has 1 saturated carbocycles. The van der Waals surface area contributed by atoms with Crippen molar-refractivity contribution >= 4 is 0 Å². The fraction of sp³-hybridized carbons (Fsp3) is 1.00. The molecule has 1 saturated heterocycles. The minimum atomic E-state index is -0.0318. The molecule has 0 radical (unpaired) electrons. The van der Waals surface area contributed by atoms with Crippen LogP contribution in [0.2, 0.25) is 0 Å². The predicted molar refractivity (Wildman–Crippen MR) is 80.5 cm³/mol. The van der Waals surface area contributed by atoms with Crippen LogP contribution < -0.4 is 5.32 Å². The zero-order valence-electron chi connectivity index (χ0n) is 13.5. The summed E-state index contributed by atoms with van der Waals surface area (Å²) in [6.45, 7) is 14.3. The SMILES string of the molecule is CCNC1CCCCC1N1CC(C)(C)OC(C)(C)C1. The van der Waals surface area contributed by atoms with Gasteiger partial charge in [-0.05, 0) is 47.1 Å². The number of ether oxygens (including phenoxy) is 1. The van der Waals surface area contributed by atoms with Crippen LogP contribution in [0.1, 0.15) is 60.3 Å². The average molecular weight is 268 g/mol. The highest BCUT2D eigenvalue weighted by Crippen LogP contribution is 2.33. The van der Waals surface area contributed by atoms with Crippen LogP contribution in [-0.4, -0.2) is 47.8 Å². The first-order valence-electron chi connectivity index (χ1n) is 8.01. The standard InChI is InChI=1S/C16H32N2O/c1-6-17-13-9-7-8-10-14(13)18-11-15(2,3)19-16(4,5)12-18/h13-14,17H,6-12H2,1-5H3. The predicted octanol–water partition coefficient (Wildman–Crippen LogP) is 2.80. The maximum atomic E-state index is 6.22. The second-order valence-corrected chi connectivity index (χ2v) is 7.54. The van der Waals surface area contributed by atoms with Gasteiger partial charge in [0.15, 0.2) is 0 Å². The molecule has 3 nitrogen and oxygen atoms in total. The molecule has 1 aliphatic carbocycles. The molecular weight excluding hydrogens is 236 g/mol. The van der Waals surface area contributed by atoms with Gasteiger partial charge < -0.3 is 10.1 Å². The molecule has 2 fully saturated rings. The minimum Gasteiger partial charge on any atom is -0.367 e.